The van der Waals surface area contributed by atoms with Gasteiger partial charge < -0.3 is 15.5 Å². The Balaban J connectivity index is 1.62. The summed E-state index contributed by atoms with van der Waals surface area (Å²) in [5, 5.41) is 5.96. The summed E-state index contributed by atoms with van der Waals surface area (Å²) in [6, 6.07) is 11.0. The zero-order valence-electron chi connectivity index (χ0n) is 14.3. The number of likely N-dealkylation sites (tertiary alicyclic amines) is 1. The molecule has 0 spiro atoms. The zero-order chi connectivity index (χ0) is 17.6. The molecule has 25 heavy (non-hydrogen) atoms. The second-order valence-corrected chi connectivity index (χ2v) is 6.17. The quantitative estimate of drug-likeness (QED) is 0.896. The highest BCUT2D eigenvalue weighted by atomic mass is 16.2. The predicted molar refractivity (Wildman–Crippen MR) is 98.0 cm³/mol. The van der Waals surface area contributed by atoms with Crippen LogP contribution in [0.3, 0.4) is 0 Å². The van der Waals surface area contributed by atoms with Gasteiger partial charge in [0.25, 0.3) is 5.91 Å². The molecule has 6 nitrogen and oxygen atoms in total. The molecule has 2 heterocycles. The molecule has 1 saturated heterocycles. The van der Waals surface area contributed by atoms with Crippen LogP contribution in [-0.4, -0.2) is 34.8 Å². The van der Waals surface area contributed by atoms with E-state index in [2.05, 4.69) is 15.6 Å². The van der Waals surface area contributed by atoms with E-state index < -0.39 is 0 Å². The van der Waals surface area contributed by atoms with Gasteiger partial charge in [-0.25, -0.2) is 4.98 Å². The summed E-state index contributed by atoms with van der Waals surface area (Å²) in [7, 11) is 0. The SMILES string of the molecule is CC(=O)Nc1ccc(Nc2ccc(C(=O)N3CCCCC3)nc2)cc1. The number of amides is 2. The summed E-state index contributed by atoms with van der Waals surface area (Å²) < 4.78 is 0. The van der Waals surface area contributed by atoms with Gasteiger partial charge in [-0.05, 0) is 55.7 Å². The lowest BCUT2D eigenvalue weighted by molar-refractivity contribution is -0.114. The molecule has 0 saturated carbocycles. The molecule has 6 heteroatoms. The van der Waals surface area contributed by atoms with Crippen molar-refractivity contribution in [2.75, 3.05) is 23.7 Å². The van der Waals surface area contributed by atoms with E-state index in [-0.39, 0.29) is 11.8 Å². The number of rotatable bonds is 4. The molecule has 2 N–H and O–H groups in total. The summed E-state index contributed by atoms with van der Waals surface area (Å²) in [6.07, 6.45) is 5.00. The molecule has 1 aromatic heterocycles. The molecule has 0 radical (unpaired) electrons. The van der Waals surface area contributed by atoms with Crippen molar-refractivity contribution in [2.24, 2.45) is 0 Å². The second kappa shape index (κ2) is 7.79. The number of carbonyl (C=O) groups is 2. The highest BCUT2D eigenvalue weighted by Gasteiger charge is 2.18. The summed E-state index contributed by atoms with van der Waals surface area (Å²) in [4.78, 5) is 29.6. The standard InChI is InChI=1S/C19H22N4O2/c1-14(24)21-15-5-7-16(8-6-15)22-17-9-10-18(20-13-17)19(25)23-11-3-2-4-12-23/h5-10,13,22H,2-4,11-12H2,1H3,(H,21,24). The average molecular weight is 338 g/mol. The third kappa shape index (κ3) is 4.56. The first-order valence-corrected chi connectivity index (χ1v) is 8.52. The third-order valence-corrected chi connectivity index (χ3v) is 4.12. The number of nitrogens with zero attached hydrogens (tertiary/aromatic N) is 2. The molecule has 0 unspecified atom stereocenters. The van der Waals surface area contributed by atoms with Crippen LogP contribution in [0.1, 0.15) is 36.7 Å². The monoisotopic (exact) mass is 338 g/mol. The van der Waals surface area contributed by atoms with E-state index in [0.29, 0.717) is 5.69 Å². The number of nitrogens with one attached hydrogen (secondary N) is 2. The van der Waals surface area contributed by atoms with E-state index in [1.54, 1.807) is 12.3 Å². The van der Waals surface area contributed by atoms with Gasteiger partial charge in [-0.2, -0.15) is 0 Å². The van der Waals surface area contributed by atoms with Gasteiger partial charge in [0.1, 0.15) is 5.69 Å². The van der Waals surface area contributed by atoms with Crippen molar-refractivity contribution in [3.63, 3.8) is 0 Å². The Labute approximate surface area is 147 Å². The van der Waals surface area contributed by atoms with E-state index in [0.717, 1.165) is 43.0 Å². The summed E-state index contributed by atoms with van der Waals surface area (Å²) in [5.41, 5.74) is 2.92. The molecule has 0 bridgehead atoms. The van der Waals surface area contributed by atoms with Crippen LogP contribution in [0.4, 0.5) is 17.1 Å². The van der Waals surface area contributed by atoms with Gasteiger partial charge in [0, 0.05) is 31.4 Å². The Kier molecular flexibility index (Phi) is 5.28. The van der Waals surface area contributed by atoms with Crippen molar-refractivity contribution in [1.29, 1.82) is 0 Å². The molecule has 3 rings (SSSR count). The molecule has 130 valence electrons. The molecular formula is C19H22N4O2. The van der Waals surface area contributed by atoms with E-state index in [1.807, 2.05) is 35.2 Å². The second-order valence-electron chi connectivity index (χ2n) is 6.17. The Morgan fingerprint density at radius 3 is 2.16 bits per heavy atom. The minimum absolute atomic E-state index is 0.00547. The van der Waals surface area contributed by atoms with Crippen LogP contribution in [0.25, 0.3) is 0 Å². The van der Waals surface area contributed by atoms with Crippen LogP contribution in [0.2, 0.25) is 0 Å². The fourth-order valence-corrected chi connectivity index (χ4v) is 2.86. The molecular weight excluding hydrogens is 316 g/mol. The average Bonchev–Trinajstić information content (AvgIpc) is 2.64. The number of carbonyl (C=O) groups excluding carboxylic acids is 2. The molecule has 1 aliphatic rings. The van der Waals surface area contributed by atoms with Crippen molar-refractivity contribution in [3.8, 4) is 0 Å². The fraction of sp³-hybridized carbons (Fsp3) is 0.316. The van der Waals surface area contributed by atoms with Crippen LogP contribution in [0, 0.1) is 0 Å². The van der Waals surface area contributed by atoms with Crippen LogP contribution in [0.5, 0.6) is 0 Å². The third-order valence-electron chi connectivity index (χ3n) is 4.12. The first-order valence-electron chi connectivity index (χ1n) is 8.52. The maximum Gasteiger partial charge on any atom is 0.272 e. The zero-order valence-corrected chi connectivity index (χ0v) is 14.3. The van der Waals surface area contributed by atoms with Crippen molar-refractivity contribution in [1.82, 2.24) is 9.88 Å². The van der Waals surface area contributed by atoms with Crippen LogP contribution < -0.4 is 10.6 Å². The topological polar surface area (TPSA) is 74.3 Å². The Bertz CT molecular complexity index is 735. The highest BCUT2D eigenvalue weighted by molar-refractivity contribution is 5.92. The number of hydrogen-bond donors (Lipinski definition) is 2. The number of aromatic nitrogens is 1. The Hall–Kier alpha value is -2.89. The van der Waals surface area contributed by atoms with Crippen molar-refractivity contribution < 1.29 is 9.59 Å². The fourth-order valence-electron chi connectivity index (χ4n) is 2.86. The van der Waals surface area contributed by atoms with Gasteiger partial charge in [0.05, 0.1) is 11.9 Å². The Morgan fingerprint density at radius 1 is 0.920 bits per heavy atom. The van der Waals surface area contributed by atoms with Crippen LogP contribution in [0.15, 0.2) is 42.6 Å². The number of pyridine rings is 1. The van der Waals surface area contributed by atoms with Crippen molar-refractivity contribution >= 4 is 28.9 Å². The Morgan fingerprint density at radius 2 is 1.56 bits per heavy atom. The summed E-state index contributed by atoms with van der Waals surface area (Å²) in [5.74, 6) is -0.0928. The van der Waals surface area contributed by atoms with E-state index >= 15 is 0 Å². The van der Waals surface area contributed by atoms with Gasteiger partial charge >= 0.3 is 0 Å². The van der Waals surface area contributed by atoms with Gasteiger partial charge in [-0.15, -0.1) is 0 Å². The molecule has 2 aromatic rings. The van der Waals surface area contributed by atoms with Gasteiger partial charge in [0.15, 0.2) is 0 Å². The maximum absolute atomic E-state index is 12.4. The molecule has 0 atom stereocenters. The van der Waals surface area contributed by atoms with Crippen LogP contribution >= 0.6 is 0 Å². The lowest BCUT2D eigenvalue weighted by Crippen LogP contribution is -2.36. The maximum atomic E-state index is 12.4. The number of anilines is 3. The minimum atomic E-state index is -0.0983. The number of piperidine rings is 1. The predicted octanol–water partition coefficient (Wildman–Crippen LogP) is 3.41. The van der Waals surface area contributed by atoms with Crippen molar-refractivity contribution in [2.45, 2.75) is 26.2 Å². The van der Waals surface area contributed by atoms with Gasteiger partial charge in [-0.3, -0.25) is 9.59 Å². The van der Waals surface area contributed by atoms with Crippen molar-refractivity contribution in [3.05, 3.63) is 48.3 Å². The normalized spacial score (nSPS) is 14.0. The summed E-state index contributed by atoms with van der Waals surface area (Å²) >= 11 is 0. The molecule has 0 aliphatic carbocycles. The molecule has 1 aliphatic heterocycles. The van der Waals surface area contributed by atoms with Gasteiger partial charge in [0.2, 0.25) is 5.91 Å². The minimum Gasteiger partial charge on any atom is -0.354 e. The van der Waals surface area contributed by atoms with E-state index in [1.165, 1.54) is 13.3 Å². The van der Waals surface area contributed by atoms with E-state index in [4.69, 9.17) is 0 Å². The number of benzene rings is 1. The molecule has 1 fully saturated rings. The smallest absolute Gasteiger partial charge is 0.272 e. The number of hydrogen-bond acceptors (Lipinski definition) is 4. The first kappa shape index (κ1) is 17.0. The summed E-state index contributed by atoms with van der Waals surface area (Å²) in [6.45, 7) is 3.12. The van der Waals surface area contributed by atoms with Crippen LogP contribution in [-0.2, 0) is 4.79 Å². The highest BCUT2D eigenvalue weighted by Crippen LogP contribution is 2.19. The first-order chi connectivity index (χ1) is 12.1. The molecule has 1 aromatic carbocycles. The molecule has 2 amide bonds. The largest absolute Gasteiger partial charge is 0.354 e. The lowest BCUT2D eigenvalue weighted by atomic mass is 10.1. The lowest BCUT2D eigenvalue weighted by Gasteiger charge is -2.26. The van der Waals surface area contributed by atoms with E-state index in [9.17, 15) is 9.59 Å². The van der Waals surface area contributed by atoms with Gasteiger partial charge in [-0.1, -0.05) is 0 Å².